The number of anilines is 1. The number of carbonyl (C=O) groups is 2. The molecule has 3 rings (SSSR count). The molecule has 2 amide bonds. The molecular formula is C29H34BrN3O4S. The van der Waals surface area contributed by atoms with Crippen molar-refractivity contribution in [2.45, 2.75) is 45.2 Å². The first-order valence-electron chi connectivity index (χ1n) is 12.5. The maximum atomic E-state index is 13.9. The van der Waals surface area contributed by atoms with E-state index in [1.165, 1.54) is 17.0 Å². The molecule has 0 aliphatic carbocycles. The highest BCUT2D eigenvalue weighted by molar-refractivity contribution is 9.10. The first-order valence-corrected chi connectivity index (χ1v) is 14.7. The van der Waals surface area contributed by atoms with Gasteiger partial charge in [-0.25, -0.2) is 8.42 Å². The van der Waals surface area contributed by atoms with Crippen LogP contribution in [0.3, 0.4) is 0 Å². The van der Waals surface area contributed by atoms with Crippen molar-refractivity contribution in [3.05, 3.63) is 94.5 Å². The van der Waals surface area contributed by atoms with Crippen molar-refractivity contribution in [2.24, 2.45) is 5.92 Å². The van der Waals surface area contributed by atoms with Crippen LogP contribution in [0.2, 0.25) is 0 Å². The predicted molar refractivity (Wildman–Crippen MR) is 154 cm³/mol. The van der Waals surface area contributed by atoms with Crippen molar-refractivity contribution in [3.63, 3.8) is 0 Å². The molecule has 3 aromatic carbocycles. The Bertz CT molecular complexity index is 1350. The molecular weight excluding hydrogens is 566 g/mol. The van der Waals surface area contributed by atoms with Crippen molar-refractivity contribution in [1.29, 1.82) is 0 Å². The second kappa shape index (κ2) is 13.1. The molecule has 0 radical (unpaired) electrons. The zero-order valence-electron chi connectivity index (χ0n) is 22.1. The van der Waals surface area contributed by atoms with Gasteiger partial charge in [0.1, 0.15) is 12.6 Å². The van der Waals surface area contributed by atoms with Gasteiger partial charge in [0.25, 0.3) is 10.0 Å². The summed E-state index contributed by atoms with van der Waals surface area (Å²) in [4.78, 5) is 28.4. The number of halogens is 1. The van der Waals surface area contributed by atoms with E-state index < -0.39 is 28.5 Å². The van der Waals surface area contributed by atoms with Gasteiger partial charge in [-0.1, -0.05) is 78.3 Å². The van der Waals surface area contributed by atoms with Gasteiger partial charge in [0.2, 0.25) is 11.8 Å². The van der Waals surface area contributed by atoms with Crippen LogP contribution in [0.25, 0.3) is 0 Å². The van der Waals surface area contributed by atoms with Crippen LogP contribution in [-0.4, -0.2) is 44.3 Å². The lowest BCUT2D eigenvalue weighted by Crippen LogP contribution is -2.51. The van der Waals surface area contributed by atoms with Crippen molar-refractivity contribution in [2.75, 3.05) is 17.4 Å². The molecule has 0 aromatic heterocycles. The van der Waals surface area contributed by atoms with Crippen LogP contribution in [0, 0.1) is 12.8 Å². The molecule has 0 saturated carbocycles. The second-order valence-corrected chi connectivity index (χ2v) is 12.4. The molecule has 0 saturated heterocycles. The molecule has 9 heteroatoms. The number of hydrogen-bond acceptors (Lipinski definition) is 4. The van der Waals surface area contributed by atoms with E-state index in [4.69, 9.17) is 0 Å². The zero-order chi connectivity index (χ0) is 27.9. The number of hydrogen-bond donors (Lipinski definition) is 1. The summed E-state index contributed by atoms with van der Waals surface area (Å²) < 4.78 is 29.6. The molecule has 202 valence electrons. The van der Waals surface area contributed by atoms with E-state index in [-0.39, 0.29) is 23.3 Å². The smallest absolute Gasteiger partial charge is 0.264 e. The monoisotopic (exact) mass is 599 g/mol. The SMILES string of the molecule is Cc1ccccc1N(CC(=O)N(Cc1ccc(Br)cc1)[C@H](C)C(=O)NCC(C)C)S(=O)(=O)c1ccccc1. The van der Waals surface area contributed by atoms with E-state index in [1.807, 2.05) is 44.2 Å². The van der Waals surface area contributed by atoms with Crippen LogP contribution in [0.1, 0.15) is 31.9 Å². The number of sulfonamides is 1. The Hall–Kier alpha value is -3.17. The number of carbonyl (C=O) groups excluding carboxylic acids is 2. The standard InChI is InChI=1S/C29H34BrN3O4S/c1-21(2)18-31-29(35)23(4)32(19-24-14-16-25(30)17-15-24)28(34)20-33(27-13-9-8-10-22(27)3)38(36,37)26-11-6-5-7-12-26/h5-17,21,23H,18-20H2,1-4H3,(H,31,35)/t23-/m1/s1. The highest BCUT2D eigenvalue weighted by Crippen LogP contribution is 2.27. The summed E-state index contributed by atoms with van der Waals surface area (Å²) in [5, 5.41) is 2.89. The summed E-state index contributed by atoms with van der Waals surface area (Å²) in [6, 6.07) is 21.7. The van der Waals surface area contributed by atoms with Gasteiger partial charge in [-0.2, -0.15) is 0 Å². The van der Waals surface area contributed by atoms with Gasteiger partial charge in [0.05, 0.1) is 10.6 Å². The maximum Gasteiger partial charge on any atom is 0.264 e. The van der Waals surface area contributed by atoms with Gasteiger partial charge >= 0.3 is 0 Å². The van der Waals surface area contributed by atoms with E-state index >= 15 is 0 Å². The first kappa shape index (κ1) is 29.4. The molecule has 0 bridgehead atoms. The van der Waals surface area contributed by atoms with Gasteiger partial charge in [0, 0.05) is 17.6 Å². The number of nitrogens with zero attached hydrogens (tertiary/aromatic N) is 2. The lowest BCUT2D eigenvalue weighted by Gasteiger charge is -2.32. The molecule has 0 fully saturated rings. The average molecular weight is 601 g/mol. The molecule has 0 heterocycles. The minimum absolute atomic E-state index is 0.0817. The van der Waals surface area contributed by atoms with Gasteiger partial charge in [0.15, 0.2) is 0 Å². The molecule has 0 unspecified atom stereocenters. The summed E-state index contributed by atoms with van der Waals surface area (Å²) in [6.07, 6.45) is 0. The zero-order valence-corrected chi connectivity index (χ0v) is 24.5. The number of aryl methyl sites for hydroxylation is 1. The van der Waals surface area contributed by atoms with E-state index in [0.717, 1.165) is 14.3 Å². The predicted octanol–water partition coefficient (Wildman–Crippen LogP) is 5.14. The number of nitrogens with one attached hydrogen (secondary N) is 1. The number of rotatable bonds is 11. The van der Waals surface area contributed by atoms with Gasteiger partial charge < -0.3 is 10.2 Å². The second-order valence-electron chi connectivity index (χ2n) is 9.57. The third-order valence-corrected chi connectivity index (χ3v) is 8.41. The molecule has 3 aromatic rings. The quantitative estimate of drug-likeness (QED) is 0.330. The van der Waals surface area contributed by atoms with E-state index in [9.17, 15) is 18.0 Å². The highest BCUT2D eigenvalue weighted by Gasteiger charge is 2.33. The highest BCUT2D eigenvalue weighted by atomic mass is 79.9. The molecule has 0 spiro atoms. The Kier molecular flexibility index (Phi) is 10.1. The first-order chi connectivity index (χ1) is 18.0. The summed E-state index contributed by atoms with van der Waals surface area (Å²) in [7, 11) is -4.07. The third-order valence-electron chi connectivity index (χ3n) is 6.11. The Balaban J connectivity index is 2.00. The summed E-state index contributed by atoms with van der Waals surface area (Å²) in [5.74, 6) is -0.533. The van der Waals surface area contributed by atoms with Crippen LogP contribution in [0.15, 0.2) is 88.2 Å². The van der Waals surface area contributed by atoms with Crippen LogP contribution in [-0.2, 0) is 26.2 Å². The Morgan fingerprint density at radius 3 is 2.11 bits per heavy atom. The Labute approximate surface area is 234 Å². The van der Waals surface area contributed by atoms with E-state index in [2.05, 4.69) is 21.2 Å². The molecule has 1 atom stereocenters. The fourth-order valence-corrected chi connectivity index (χ4v) is 5.66. The maximum absolute atomic E-state index is 13.9. The topological polar surface area (TPSA) is 86.8 Å². The largest absolute Gasteiger partial charge is 0.354 e. The minimum Gasteiger partial charge on any atom is -0.354 e. The van der Waals surface area contributed by atoms with Crippen LogP contribution in [0.4, 0.5) is 5.69 Å². The normalized spacial score (nSPS) is 12.2. The van der Waals surface area contributed by atoms with Gasteiger partial charge in [-0.15, -0.1) is 0 Å². The Morgan fingerprint density at radius 2 is 1.50 bits per heavy atom. The fourth-order valence-electron chi connectivity index (χ4n) is 3.90. The minimum atomic E-state index is -4.07. The number of amides is 2. The fraction of sp³-hybridized carbons (Fsp3) is 0.310. The third kappa shape index (κ3) is 7.45. The van der Waals surface area contributed by atoms with Crippen LogP contribution >= 0.6 is 15.9 Å². The molecule has 0 aliphatic rings. The average Bonchev–Trinajstić information content (AvgIpc) is 2.90. The van der Waals surface area contributed by atoms with Crippen LogP contribution in [0.5, 0.6) is 0 Å². The number of benzene rings is 3. The van der Waals surface area contributed by atoms with Crippen molar-refractivity contribution < 1.29 is 18.0 Å². The lowest BCUT2D eigenvalue weighted by atomic mass is 10.1. The molecule has 0 aliphatic heterocycles. The Morgan fingerprint density at radius 1 is 0.895 bits per heavy atom. The number of para-hydroxylation sites is 1. The van der Waals surface area contributed by atoms with Crippen molar-refractivity contribution in [1.82, 2.24) is 10.2 Å². The molecule has 1 N–H and O–H groups in total. The molecule has 38 heavy (non-hydrogen) atoms. The van der Waals surface area contributed by atoms with Crippen molar-refractivity contribution in [3.8, 4) is 0 Å². The summed E-state index contributed by atoms with van der Waals surface area (Å²) >= 11 is 3.42. The summed E-state index contributed by atoms with van der Waals surface area (Å²) in [5.41, 5.74) is 1.94. The van der Waals surface area contributed by atoms with Gasteiger partial charge in [-0.3, -0.25) is 13.9 Å². The van der Waals surface area contributed by atoms with Gasteiger partial charge in [-0.05, 0) is 61.2 Å². The molecule has 7 nitrogen and oxygen atoms in total. The van der Waals surface area contributed by atoms with E-state index in [0.29, 0.717) is 17.8 Å². The summed E-state index contributed by atoms with van der Waals surface area (Å²) in [6.45, 7) is 7.61. The van der Waals surface area contributed by atoms with Crippen molar-refractivity contribution >= 4 is 43.5 Å². The lowest BCUT2D eigenvalue weighted by molar-refractivity contribution is -0.139. The van der Waals surface area contributed by atoms with Crippen LogP contribution < -0.4 is 9.62 Å². The van der Waals surface area contributed by atoms with E-state index in [1.54, 1.807) is 50.2 Å².